The minimum Gasteiger partial charge on any atom is -0.461 e. The van der Waals surface area contributed by atoms with E-state index in [1.54, 1.807) is 0 Å². The molecule has 0 aliphatic rings. The van der Waals surface area contributed by atoms with Gasteiger partial charge in [0.05, 0.1) is 13.0 Å². The molecule has 0 heterocycles. The van der Waals surface area contributed by atoms with Crippen LogP contribution in [0.2, 0.25) is 0 Å². The Morgan fingerprint density at radius 3 is 1.22 bits per heavy atom. The van der Waals surface area contributed by atoms with Gasteiger partial charge in [-0.1, -0.05) is 220 Å². The first-order valence-corrected chi connectivity index (χ1v) is 24.4. The highest BCUT2D eigenvalue weighted by Crippen LogP contribution is 2.14. The lowest BCUT2D eigenvalue weighted by Crippen LogP contribution is -2.30. The van der Waals surface area contributed by atoms with Crippen LogP contribution < -0.4 is 0 Å². The standard InChI is InChI=1S/C55H90O5/c1-4-7-10-13-16-19-22-25-28-30-33-36-39-42-45-48-54(56)59-52-53(51-58-50-47-44-41-38-35-32-27-24-21-18-15-12-9-6-3)60-55(57)49-46-43-40-37-34-31-29-26-23-20-17-14-11-8-5-2/h7,9-10,12,16,18-19,21,25,27-28,32-33,36,38,41-42,45,53H,4-6,8,11,13-15,17,20,22-24,26,29-31,34-35,37,39-40,43-44,46-52H2,1-3H3/b10-7-,12-9-,19-16-,21-18-,28-25-,32-27-,36-33-,41-38-,45-42-. The second-order valence-electron chi connectivity index (χ2n) is 15.6. The van der Waals surface area contributed by atoms with Gasteiger partial charge in [0.15, 0.2) is 6.10 Å². The molecule has 1 atom stereocenters. The molecule has 0 radical (unpaired) electrons. The van der Waals surface area contributed by atoms with Crippen LogP contribution >= 0.6 is 0 Å². The van der Waals surface area contributed by atoms with Crippen LogP contribution in [0.25, 0.3) is 0 Å². The van der Waals surface area contributed by atoms with Gasteiger partial charge in [0.2, 0.25) is 0 Å². The molecule has 0 fully saturated rings. The maximum atomic E-state index is 12.8. The molecule has 0 saturated carbocycles. The fraction of sp³-hybridized carbons (Fsp3) is 0.636. The molecule has 0 spiro atoms. The van der Waals surface area contributed by atoms with Crippen molar-refractivity contribution < 1.29 is 23.8 Å². The maximum Gasteiger partial charge on any atom is 0.309 e. The highest BCUT2D eigenvalue weighted by atomic mass is 16.6. The predicted octanol–water partition coefficient (Wildman–Crippen LogP) is 16.4. The van der Waals surface area contributed by atoms with Crippen LogP contribution in [0.4, 0.5) is 0 Å². The summed E-state index contributed by atoms with van der Waals surface area (Å²) in [5, 5.41) is 0. The van der Waals surface area contributed by atoms with Crippen LogP contribution in [0.15, 0.2) is 109 Å². The van der Waals surface area contributed by atoms with Gasteiger partial charge in [-0.25, -0.2) is 0 Å². The third-order valence-electron chi connectivity index (χ3n) is 9.84. The molecule has 0 aliphatic carbocycles. The number of ether oxygens (including phenoxy) is 3. The van der Waals surface area contributed by atoms with Crippen molar-refractivity contribution in [1.82, 2.24) is 0 Å². The third kappa shape index (κ3) is 47.2. The molecule has 0 bridgehead atoms. The molecule has 340 valence electrons. The second-order valence-corrected chi connectivity index (χ2v) is 15.6. The number of carbonyl (C=O) groups excluding carboxylic acids is 2. The molecule has 0 rings (SSSR count). The van der Waals surface area contributed by atoms with Crippen molar-refractivity contribution in [2.75, 3.05) is 19.8 Å². The van der Waals surface area contributed by atoms with Gasteiger partial charge >= 0.3 is 11.9 Å². The van der Waals surface area contributed by atoms with E-state index in [0.717, 1.165) is 89.9 Å². The highest BCUT2D eigenvalue weighted by Gasteiger charge is 2.17. The lowest BCUT2D eigenvalue weighted by molar-refractivity contribution is -0.162. The van der Waals surface area contributed by atoms with Gasteiger partial charge in [0.1, 0.15) is 6.61 Å². The molecule has 0 aromatic carbocycles. The van der Waals surface area contributed by atoms with Gasteiger partial charge in [-0.2, -0.15) is 0 Å². The number of rotatable bonds is 43. The van der Waals surface area contributed by atoms with E-state index >= 15 is 0 Å². The molecule has 5 nitrogen and oxygen atoms in total. The number of allylic oxidation sites excluding steroid dienone is 17. The Labute approximate surface area is 370 Å². The smallest absolute Gasteiger partial charge is 0.309 e. The molecule has 0 amide bonds. The van der Waals surface area contributed by atoms with Crippen LogP contribution in [0.5, 0.6) is 0 Å². The van der Waals surface area contributed by atoms with Crippen LogP contribution in [0.1, 0.15) is 201 Å². The van der Waals surface area contributed by atoms with E-state index in [0.29, 0.717) is 13.0 Å². The predicted molar refractivity (Wildman–Crippen MR) is 260 cm³/mol. The maximum absolute atomic E-state index is 12.8. The zero-order chi connectivity index (χ0) is 43.5. The van der Waals surface area contributed by atoms with Crippen molar-refractivity contribution in [3.05, 3.63) is 109 Å². The monoisotopic (exact) mass is 831 g/mol. The minimum absolute atomic E-state index is 0.00496. The van der Waals surface area contributed by atoms with Crippen molar-refractivity contribution in [2.24, 2.45) is 0 Å². The molecule has 5 heteroatoms. The summed E-state index contributed by atoms with van der Waals surface area (Å²) in [5.41, 5.74) is 0. The van der Waals surface area contributed by atoms with Crippen LogP contribution in [0.3, 0.4) is 0 Å². The Morgan fingerprint density at radius 2 is 0.783 bits per heavy atom. The van der Waals surface area contributed by atoms with Crippen LogP contribution in [0, 0.1) is 0 Å². The molecule has 0 aliphatic heterocycles. The minimum atomic E-state index is -0.608. The average Bonchev–Trinajstić information content (AvgIpc) is 3.25. The SMILES string of the molecule is CC/C=C\C/C=C\C/C=C\C/C=C\C/C=C\CC(=O)OCC(COCCC/C=C\C/C=C\C/C=C\C/C=C\CC)OC(=O)CCCCCCCCCCCCCCCCC. The van der Waals surface area contributed by atoms with Crippen molar-refractivity contribution >= 4 is 11.9 Å². The van der Waals surface area contributed by atoms with E-state index in [1.807, 2.05) is 12.2 Å². The Bertz CT molecular complexity index is 1210. The quantitative estimate of drug-likeness (QED) is 0.0348. The van der Waals surface area contributed by atoms with Crippen LogP contribution in [-0.4, -0.2) is 37.9 Å². The average molecular weight is 831 g/mol. The van der Waals surface area contributed by atoms with Gasteiger partial charge in [-0.05, 0) is 77.0 Å². The van der Waals surface area contributed by atoms with Gasteiger partial charge in [0.25, 0.3) is 0 Å². The van der Waals surface area contributed by atoms with Crippen molar-refractivity contribution in [2.45, 2.75) is 207 Å². The fourth-order valence-corrected chi connectivity index (χ4v) is 6.29. The van der Waals surface area contributed by atoms with E-state index in [2.05, 4.69) is 118 Å². The van der Waals surface area contributed by atoms with Crippen molar-refractivity contribution in [3.63, 3.8) is 0 Å². The lowest BCUT2D eigenvalue weighted by atomic mass is 10.0. The summed E-state index contributed by atoms with van der Waals surface area (Å²) in [4.78, 5) is 25.3. The molecular formula is C55H90O5. The molecule has 0 aromatic rings. The summed E-state index contributed by atoms with van der Waals surface area (Å²) < 4.78 is 17.2. The number of esters is 2. The third-order valence-corrected chi connectivity index (χ3v) is 9.84. The highest BCUT2D eigenvalue weighted by molar-refractivity contribution is 5.71. The van der Waals surface area contributed by atoms with Gasteiger partial charge in [-0.3, -0.25) is 9.59 Å². The number of hydrogen-bond acceptors (Lipinski definition) is 5. The summed E-state index contributed by atoms with van der Waals surface area (Å²) in [5.74, 6) is -0.578. The van der Waals surface area contributed by atoms with Crippen LogP contribution in [-0.2, 0) is 23.8 Å². The molecule has 60 heavy (non-hydrogen) atoms. The first-order valence-electron chi connectivity index (χ1n) is 24.4. The van der Waals surface area contributed by atoms with Crippen molar-refractivity contribution in [1.29, 1.82) is 0 Å². The Hall–Kier alpha value is -3.44. The van der Waals surface area contributed by atoms with E-state index in [1.165, 1.54) is 77.0 Å². The van der Waals surface area contributed by atoms with Crippen molar-refractivity contribution in [3.8, 4) is 0 Å². The van der Waals surface area contributed by atoms with Gasteiger partial charge < -0.3 is 14.2 Å². The Morgan fingerprint density at radius 1 is 0.400 bits per heavy atom. The topological polar surface area (TPSA) is 61.8 Å². The van der Waals surface area contributed by atoms with E-state index in [9.17, 15) is 9.59 Å². The summed E-state index contributed by atoms with van der Waals surface area (Å²) in [6.07, 6.45) is 68.4. The zero-order valence-electron chi connectivity index (χ0n) is 38.9. The summed E-state index contributed by atoms with van der Waals surface area (Å²) in [7, 11) is 0. The molecule has 0 N–H and O–H groups in total. The fourth-order valence-electron chi connectivity index (χ4n) is 6.29. The number of unbranched alkanes of at least 4 members (excludes halogenated alkanes) is 15. The van der Waals surface area contributed by atoms with E-state index in [4.69, 9.17) is 14.2 Å². The normalized spacial score (nSPS) is 13.2. The second kappa shape index (κ2) is 49.9. The first-order chi connectivity index (χ1) is 29.6. The number of hydrogen-bond donors (Lipinski definition) is 0. The largest absolute Gasteiger partial charge is 0.461 e. The lowest BCUT2D eigenvalue weighted by Gasteiger charge is -2.18. The van der Waals surface area contributed by atoms with E-state index in [-0.39, 0.29) is 31.6 Å². The first kappa shape index (κ1) is 56.6. The number of carbonyl (C=O) groups is 2. The van der Waals surface area contributed by atoms with Gasteiger partial charge in [0, 0.05) is 13.0 Å². The van der Waals surface area contributed by atoms with Gasteiger partial charge in [-0.15, -0.1) is 0 Å². The van der Waals surface area contributed by atoms with E-state index < -0.39 is 6.10 Å². The molecule has 0 aromatic heterocycles. The Kier molecular flexibility index (Phi) is 47.1. The molecule has 1 unspecified atom stereocenters. The Balaban J connectivity index is 4.48. The molecular weight excluding hydrogens is 741 g/mol. The molecule has 0 saturated heterocycles. The summed E-state index contributed by atoms with van der Waals surface area (Å²) in [6, 6.07) is 0. The summed E-state index contributed by atoms with van der Waals surface area (Å²) in [6.45, 7) is 7.35. The summed E-state index contributed by atoms with van der Waals surface area (Å²) >= 11 is 0. The zero-order valence-corrected chi connectivity index (χ0v) is 38.9.